The van der Waals surface area contributed by atoms with Crippen LogP contribution in [-0.4, -0.2) is 59.3 Å². The van der Waals surface area contributed by atoms with E-state index < -0.39 is 26.6 Å². The van der Waals surface area contributed by atoms with Gasteiger partial charge in [-0.1, -0.05) is 73.0 Å². The average Bonchev–Trinajstić information content (AvgIpc) is 3.41. The van der Waals surface area contributed by atoms with E-state index >= 15 is 0 Å². The van der Waals surface area contributed by atoms with E-state index in [0.717, 1.165) is 22.2 Å². The number of benzene rings is 2. The van der Waals surface area contributed by atoms with Crippen molar-refractivity contribution < 1.29 is 27.5 Å². The van der Waals surface area contributed by atoms with Crippen LogP contribution < -0.4 is 30.1 Å². The normalized spacial score (nSPS) is 11.2. The third kappa shape index (κ3) is 9.79. The van der Waals surface area contributed by atoms with Gasteiger partial charge < -0.3 is 20.1 Å². The minimum Gasteiger partial charge on any atom is -0.481 e. The van der Waals surface area contributed by atoms with Crippen molar-refractivity contribution in [2.45, 2.75) is 51.1 Å². The number of carbonyl (C=O) groups excluding carboxylic acids is 2. The average molecular weight is 724 g/mol. The molecule has 0 atom stereocenters. The van der Waals surface area contributed by atoms with Gasteiger partial charge in [-0.2, -0.15) is 28.0 Å². The summed E-state index contributed by atoms with van der Waals surface area (Å²) >= 11 is 6.02. The molecule has 3 aromatic heterocycles. The number of rotatable bonds is 10. The SMILES string of the molecule is CCCc1ccc2nc(Cl)c(S(=O)(=O)NC(=O)Nc3nc(OC)cc(OC)n3)n2n1.Cc1ccc(NC(=O)NC(C)(C)c2ccccc2)cc1. The van der Waals surface area contributed by atoms with Gasteiger partial charge in [-0.25, -0.2) is 19.3 Å². The number of hydrogen-bond donors (Lipinski definition) is 4. The lowest BCUT2D eigenvalue weighted by atomic mass is 9.95. The number of methoxy groups -OCH3 is 2. The Kier molecular flexibility index (Phi) is 12.2. The van der Waals surface area contributed by atoms with Crippen LogP contribution in [0.15, 0.2) is 77.8 Å². The van der Waals surface area contributed by atoms with Crippen LogP contribution in [0.5, 0.6) is 11.8 Å². The molecule has 5 rings (SSSR count). The van der Waals surface area contributed by atoms with Gasteiger partial charge in [-0.05, 0) is 57.0 Å². The van der Waals surface area contributed by atoms with Crippen molar-refractivity contribution in [2.75, 3.05) is 24.9 Å². The Morgan fingerprint density at radius 3 is 2.12 bits per heavy atom. The first-order valence-corrected chi connectivity index (χ1v) is 17.2. The molecule has 0 fully saturated rings. The summed E-state index contributed by atoms with van der Waals surface area (Å²) in [5, 5.41) is 11.5. The third-order valence-corrected chi connectivity index (χ3v) is 8.70. The van der Waals surface area contributed by atoms with Gasteiger partial charge in [0.1, 0.15) is 0 Å². The molecule has 50 heavy (non-hydrogen) atoms. The molecular formula is C33H38ClN9O6S. The van der Waals surface area contributed by atoms with E-state index in [9.17, 15) is 18.0 Å². The highest BCUT2D eigenvalue weighted by atomic mass is 35.5. The fourth-order valence-electron chi connectivity index (χ4n) is 4.51. The lowest BCUT2D eigenvalue weighted by Gasteiger charge is -2.27. The van der Waals surface area contributed by atoms with Gasteiger partial charge in [-0.3, -0.25) is 5.32 Å². The number of ether oxygens (including phenoxy) is 2. The standard InChI is InChI=1S/C17H20N2O.C16H18ClN7O5S/c1-13-9-11-15(12-10-13)18-16(20)19-17(2,3)14-7-5-4-6-8-14;1-4-5-9-6-7-10-18-13(17)14(24(10)22-9)30(26,27)23-16(25)21-15-19-11(28-2)8-12(20-15)29-3/h4-12H,1-3H3,(H2,18,19,20);6-8H,4-5H2,1-3H3,(H2,19,20,21,23,25). The summed E-state index contributed by atoms with van der Waals surface area (Å²) in [5.74, 6) is -0.0125. The van der Waals surface area contributed by atoms with Crippen LogP contribution in [0.25, 0.3) is 5.65 Å². The first-order chi connectivity index (χ1) is 23.7. The zero-order valence-corrected chi connectivity index (χ0v) is 29.9. The summed E-state index contributed by atoms with van der Waals surface area (Å²) < 4.78 is 38.5. The number of nitrogens with zero attached hydrogens (tertiary/aromatic N) is 5. The molecule has 0 aliphatic carbocycles. The van der Waals surface area contributed by atoms with Gasteiger partial charge in [0.25, 0.3) is 10.0 Å². The van der Waals surface area contributed by atoms with E-state index in [0.29, 0.717) is 12.1 Å². The maximum Gasteiger partial charge on any atom is 0.335 e. The molecule has 4 amide bonds. The first-order valence-electron chi connectivity index (χ1n) is 15.3. The van der Waals surface area contributed by atoms with Gasteiger partial charge in [-0.15, -0.1) is 0 Å². The maximum absolute atomic E-state index is 12.8. The van der Waals surface area contributed by atoms with Gasteiger partial charge >= 0.3 is 12.1 Å². The van der Waals surface area contributed by atoms with Crippen molar-refractivity contribution >= 4 is 51.0 Å². The quantitative estimate of drug-likeness (QED) is 0.139. The van der Waals surface area contributed by atoms with Gasteiger partial charge in [0.05, 0.1) is 31.5 Å². The Hall–Kier alpha value is -5.48. The van der Waals surface area contributed by atoms with Crippen molar-refractivity contribution in [3.63, 3.8) is 0 Å². The van der Waals surface area contributed by atoms with Crippen LogP contribution in [0.2, 0.25) is 5.15 Å². The Balaban J connectivity index is 0.000000244. The Labute approximate surface area is 294 Å². The predicted molar refractivity (Wildman–Crippen MR) is 189 cm³/mol. The number of anilines is 2. The highest BCUT2D eigenvalue weighted by molar-refractivity contribution is 7.90. The second kappa shape index (κ2) is 16.3. The third-order valence-electron chi connectivity index (χ3n) is 6.99. The molecule has 0 bridgehead atoms. The second-order valence-electron chi connectivity index (χ2n) is 11.3. The number of amides is 4. The van der Waals surface area contributed by atoms with Crippen molar-refractivity contribution in [3.8, 4) is 11.8 Å². The van der Waals surface area contributed by atoms with Gasteiger partial charge in [0.15, 0.2) is 10.8 Å². The van der Waals surface area contributed by atoms with Crippen molar-refractivity contribution in [1.29, 1.82) is 0 Å². The van der Waals surface area contributed by atoms with Gasteiger partial charge in [0, 0.05) is 5.69 Å². The molecule has 15 nitrogen and oxygen atoms in total. The lowest BCUT2D eigenvalue weighted by molar-refractivity contribution is 0.242. The molecule has 264 valence electrons. The topological polar surface area (TPSA) is 191 Å². The molecular weight excluding hydrogens is 686 g/mol. The summed E-state index contributed by atoms with van der Waals surface area (Å²) in [5.41, 5.74) is 3.48. The number of carbonyl (C=O) groups is 2. The van der Waals surface area contributed by atoms with E-state index in [1.165, 1.54) is 25.8 Å². The number of aryl methyl sites for hydroxylation is 2. The van der Waals surface area contributed by atoms with E-state index in [4.69, 9.17) is 21.1 Å². The fourth-order valence-corrected chi connectivity index (χ4v) is 6.01. The minimum absolute atomic E-state index is 0.109. The summed E-state index contributed by atoms with van der Waals surface area (Å²) in [6, 6.07) is 21.0. The Bertz CT molecular complexity index is 2040. The van der Waals surface area contributed by atoms with Crippen LogP contribution in [-0.2, 0) is 22.0 Å². The van der Waals surface area contributed by atoms with Crippen LogP contribution in [0.1, 0.15) is 44.0 Å². The Morgan fingerprint density at radius 1 is 0.880 bits per heavy atom. The molecule has 0 saturated heterocycles. The smallest absolute Gasteiger partial charge is 0.335 e. The van der Waals surface area contributed by atoms with Crippen molar-refractivity contribution in [3.05, 3.63) is 94.8 Å². The van der Waals surface area contributed by atoms with E-state index in [2.05, 4.69) is 36.0 Å². The number of urea groups is 2. The number of fused-ring (bicyclic) bond motifs is 1. The molecule has 0 spiro atoms. The monoisotopic (exact) mass is 723 g/mol. The second-order valence-corrected chi connectivity index (χ2v) is 13.3. The summed E-state index contributed by atoms with van der Waals surface area (Å²) in [6.45, 7) is 7.95. The van der Waals surface area contributed by atoms with E-state index in [-0.39, 0.29) is 34.5 Å². The fraction of sp³-hybridized carbons (Fsp3) is 0.273. The molecule has 0 unspecified atom stereocenters. The zero-order chi connectivity index (χ0) is 36.5. The summed E-state index contributed by atoms with van der Waals surface area (Å²) in [6.07, 6.45) is 1.45. The van der Waals surface area contributed by atoms with Crippen molar-refractivity contribution in [1.82, 2.24) is 34.6 Å². The van der Waals surface area contributed by atoms with Crippen molar-refractivity contribution in [2.24, 2.45) is 0 Å². The van der Waals surface area contributed by atoms with Gasteiger partial charge in [0.2, 0.25) is 22.7 Å². The molecule has 17 heteroatoms. The lowest BCUT2D eigenvalue weighted by Crippen LogP contribution is -2.43. The molecule has 3 heterocycles. The molecule has 0 aliphatic heterocycles. The minimum atomic E-state index is -4.43. The number of nitrogens with one attached hydrogen (secondary N) is 4. The maximum atomic E-state index is 12.8. The Morgan fingerprint density at radius 2 is 1.52 bits per heavy atom. The molecule has 5 aromatic rings. The number of imidazole rings is 1. The van der Waals surface area contributed by atoms with E-state index in [1.54, 1.807) is 12.1 Å². The highest BCUT2D eigenvalue weighted by Crippen LogP contribution is 2.23. The summed E-state index contributed by atoms with van der Waals surface area (Å²) in [7, 11) is -1.70. The summed E-state index contributed by atoms with van der Waals surface area (Å²) in [4.78, 5) is 36.1. The molecule has 0 aliphatic rings. The largest absolute Gasteiger partial charge is 0.481 e. The molecule has 0 saturated carbocycles. The number of halogens is 1. The molecule has 4 N–H and O–H groups in total. The van der Waals surface area contributed by atoms with Crippen LogP contribution >= 0.6 is 11.6 Å². The first kappa shape index (κ1) is 37.3. The molecule has 0 radical (unpaired) electrons. The van der Waals surface area contributed by atoms with Crippen LogP contribution in [0.4, 0.5) is 21.2 Å². The molecule has 2 aromatic carbocycles. The van der Waals surface area contributed by atoms with Crippen LogP contribution in [0.3, 0.4) is 0 Å². The number of sulfonamides is 1. The van der Waals surface area contributed by atoms with Crippen LogP contribution in [0, 0.1) is 6.92 Å². The highest BCUT2D eigenvalue weighted by Gasteiger charge is 2.28. The zero-order valence-electron chi connectivity index (χ0n) is 28.3. The van der Waals surface area contributed by atoms with E-state index in [1.807, 2.05) is 87.0 Å². The number of hydrogen-bond acceptors (Lipinski definition) is 10. The predicted octanol–water partition coefficient (Wildman–Crippen LogP) is 5.70. The number of aromatic nitrogens is 5.